The third-order valence-corrected chi connectivity index (χ3v) is 2.56. The number of amides is 1. The Labute approximate surface area is 98.0 Å². The molecule has 0 aromatic heterocycles. The number of halogens is 2. The van der Waals surface area contributed by atoms with Gasteiger partial charge in [-0.05, 0) is 25.1 Å². The molecule has 1 amide bonds. The van der Waals surface area contributed by atoms with E-state index in [4.69, 9.17) is 16.9 Å². The Balaban J connectivity index is 3.02. The van der Waals surface area contributed by atoms with Crippen LogP contribution in [0.5, 0.6) is 0 Å². The molecule has 0 aliphatic carbocycles. The highest BCUT2D eigenvalue weighted by Gasteiger charge is 2.19. The Bertz CT molecular complexity index is 456. The molecule has 1 atom stereocenters. The minimum Gasteiger partial charge on any atom is -0.326 e. The fraction of sp³-hybridized carbons (Fsp3) is 0.273. The first-order chi connectivity index (χ1) is 7.47. The van der Waals surface area contributed by atoms with E-state index in [0.717, 1.165) is 12.1 Å². The molecule has 0 heterocycles. The Kier molecular flexibility index (Phi) is 3.86. The summed E-state index contributed by atoms with van der Waals surface area (Å²) < 4.78 is 12.8. The van der Waals surface area contributed by atoms with Crippen LogP contribution in [0.1, 0.15) is 17.3 Å². The van der Waals surface area contributed by atoms with Crippen molar-refractivity contribution in [1.29, 1.82) is 5.26 Å². The lowest BCUT2D eigenvalue weighted by atomic mass is 10.2. The van der Waals surface area contributed by atoms with Crippen LogP contribution in [0, 0.1) is 17.1 Å². The number of benzene rings is 1. The summed E-state index contributed by atoms with van der Waals surface area (Å²) in [5.41, 5.74) is 0.188. The maximum atomic E-state index is 12.8. The van der Waals surface area contributed by atoms with Gasteiger partial charge in [0.2, 0.25) is 0 Å². The van der Waals surface area contributed by atoms with Crippen LogP contribution in [0.25, 0.3) is 0 Å². The number of hydrogen-bond acceptors (Lipinski definition) is 2. The van der Waals surface area contributed by atoms with Crippen LogP contribution in [-0.2, 0) is 0 Å². The molecule has 1 unspecified atom stereocenters. The number of carbonyl (C=O) groups is 1. The summed E-state index contributed by atoms with van der Waals surface area (Å²) >= 11 is 5.75. The van der Waals surface area contributed by atoms with E-state index >= 15 is 0 Å². The van der Waals surface area contributed by atoms with Gasteiger partial charge in [-0.2, -0.15) is 5.26 Å². The SMILES string of the molecule is CC(C#N)N(C)C(=O)c1ccc(F)cc1Cl. The summed E-state index contributed by atoms with van der Waals surface area (Å²) in [6, 6.07) is 4.90. The standard InChI is InChI=1S/C11H10ClFN2O/c1-7(6-14)15(2)11(16)9-4-3-8(13)5-10(9)12/h3-5,7H,1-2H3. The summed E-state index contributed by atoms with van der Waals surface area (Å²) in [6.45, 7) is 1.59. The highest BCUT2D eigenvalue weighted by atomic mass is 35.5. The predicted octanol–water partition coefficient (Wildman–Crippen LogP) is 2.46. The molecule has 0 aliphatic rings. The van der Waals surface area contributed by atoms with Gasteiger partial charge in [0.15, 0.2) is 0 Å². The molecule has 0 aliphatic heterocycles. The first-order valence-electron chi connectivity index (χ1n) is 4.59. The van der Waals surface area contributed by atoms with Crippen molar-refractivity contribution in [2.24, 2.45) is 0 Å². The van der Waals surface area contributed by atoms with Gasteiger partial charge < -0.3 is 4.90 Å². The van der Waals surface area contributed by atoms with Gasteiger partial charge in [-0.25, -0.2) is 4.39 Å². The number of nitrogens with zero attached hydrogens (tertiary/aromatic N) is 2. The van der Waals surface area contributed by atoms with Crippen molar-refractivity contribution in [3.8, 4) is 6.07 Å². The number of nitriles is 1. The third-order valence-electron chi connectivity index (χ3n) is 2.25. The fourth-order valence-corrected chi connectivity index (χ4v) is 1.36. The van der Waals surface area contributed by atoms with Crippen molar-refractivity contribution in [3.63, 3.8) is 0 Å². The van der Waals surface area contributed by atoms with Crippen molar-refractivity contribution >= 4 is 17.5 Å². The van der Waals surface area contributed by atoms with Gasteiger partial charge >= 0.3 is 0 Å². The lowest BCUT2D eigenvalue weighted by Gasteiger charge is -2.19. The number of rotatable bonds is 2. The molecule has 1 rings (SSSR count). The maximum absolute atomic E-state index is 12.8. The minimum atomic E-state index is -0.561. The largest absolute Gasteiger partial charge is 0.326 e. The van der Waals surface area contributed by atoms with Gasteiger partial charge in [-0.3, -0.25) is 4.79 Å². The van der Waals surface area contributed by atoms with Crippen LogP contribution in [0.3, 0.4) is 0 Å². The van der Waals surface area contributed by atoms with Crippen LogP contribution in [0.2, 0.25) is 5.02 Å². The zero-order chi connectivity index (χ0) is 12.3. The monoisotopic (exact) mass is 240 g/mol. The van der Waals surface area contributed by atoms with Gasteiger partial charge in [0.1, 0.15) is 11.9 Å². The van der Waals surface area contributed by atoms with Gasteiger partial charge in [-0.1, -0.05) is 11.6 Å². The minimum absolute atomic E-state index is 0.0435. The molecule has 5 heteroatoms. The van der Waals surface area contributed by atoms with Crippen LogP contribution in [0.4, 0.5) is 4.39 Å². The second-order valence-corrected chi connectivity index (χ2v) is 3.75. The number of hydrogen-bond donors (Lipinski definition) is 0. The van der Waals surface area contributed by atoms with Crippen molar-refractivity contribution in [2.75, 3.05) is 7.05 Å². The number of carbonyl (C=O) groups excluding carboxylic acids is 1. The van der Waals surface area contributed by atoms with E-state index in [1.54, 1.807) is 6.92 Å². The Morgan fingerprint density at radius 3 is 2.75 bits per heavy atom. The van der Waals surface area contributed by atoms with Crippen molar-refractivity contribution in [2.45, 2.75) is 13.0 Å². The molecular formula is C11H10ClFN2O. The quantitative estimate of drug-likeness (QED) is 0.797. The normalized spacial score (nSPS) is 11.7. The predicted molar refractivity (Wildman–Crippen MR) is 58.6 cm³/mol. The van der Waals surface area contributed by atoms with E-state index < -0.39 is 17.8 Å². The second kappa shape index (κ2) is 4.95. The molecule has 0 spiro atoms. The van der Waals surface area contributed by atoms with E-state index in [9.17, 15) is 9.18 Å². The van der Waals surface area contributed by atoms with Gasteiger partial charge in [0.05, 0.1) is 16.7 Å². The third kappa shape index (κ3) is 2.50. The average molecular weight is 241 g/mol. The molecule has 84 valence electrons. The lowest BCUT2D eigenvalue weighted by molar-refractivity contribution is 0.0773. The molecule has 0 radical (unpaired) electrons. The summed E-state index contributed by atoms with van der Waals surface area (Å²) in [4.78, 5) is 13.1. The summed E-state index contributed by atoms with van der Waals surface area (Å²) in [6.07, 6.45) is 0. The second-order valence-electron chi connectivity index (χ2n) is 3.35. The fourth-order valence-electron chi connectivity index (χ4n) is 1.12. The zero-order valence-electron chi connectivity index (χ0n) is 8.87. The van der Waals surface area contributed by atoms with Gasteiger partial charge in [0.25, 0.3) is 5.91 Å². The molecule has 0 saturated heterocycles. The van der Waals surface area contributed by atoms with E-state index in [0.29, 0.717) is 0 Å². The van der Waals surface area contributed by atoms with E-state index in [1.165, 1.54) is 18.0 Å². The summed E-state index contributed by atoms with van der Waals surface area (Å²) in [7, 11) is 1.50. The van der Waals surface area contributed by atoms with Crippen molar-refractivity contribution in [3.05, 3.63) is 34.6 Å². The molecule has 3 nitrogen and oxygen atoms in total. The van der Waals surface area contributed by atoms with Crippen LogP contribution in [0.15, 0.2) is 18.2 Å². The van der Waals surface area contributed by atoms with Crippen molar-refractivity contribution < 1.29 is 9.18 Å². The summed E-state index contributed by atoms with van der Waals surface area (Å²) in [5.74, 6) is -0.906. The van der Waals surface area contributed by atoms with Crippen molar-refractivity contribution in [1.82, 2.24) is 4.90 Å². The highest BCUT2D eigenvalue weighted by molar-refractivity contribution is 6.33. The summed E-state index contributed by atoms with van der Waals surface area (Å²) in [5, 5.41) is 8.72. The molecule has 0 fully saturated rings. The van der Waals surface area contributed by atoms with E-state index in [2.05, 4.69) is 0 Å². The van der Waals surface area contributed by atoms with Gasteiger partial charge in [0, 0.05) is 7.05 Å². The maximum Gasteiger partial charge on any atom is 0.256 e. The zero-order valence-corrected chi connectivity index (χ0v) is 9.62. The molecule has 0 bridgehead atoms. The van der Waals surface area contributed by atoms with Crippen LogP contribution < -0.4 is 0 Å². The molecule has 0 saturated carbocycles. The Morgan fingerprint density at radius 1 is 1.62 bits per heavy atom. The van der Waals surface area contributed by atoms with Crippen LogP contribution >= 0.6 is 11.6 Å². The Hall–Kier alpha value is -1.60. The first-order valence-corrected chi connectivity index (χ1v) is 4.97. The van der Waals surface area contributed by atoms with Crippen LogP contribution in [-0.4, -0.2) is 23.9 Å². The molecule has 1 aromatic carbocycles. The molecule has 0 N–H and O–H groups in total. The molecule has 1 aromatic rings. The van der Waals surface area contributed by atoms with E-state index in [1.807, 2.05) is 6.07 Å². The average Bonchev–Trinajstić information content (AvgIpc) is 2.26. The van der Waals surface area contributed by atoms with Gasteiger partial charge in [-0.15, -0.1) is 0 Å². The first kappa shape index (κ1) is 12.5. The lowest BCUT2D eigenvalue weighted by Crippen LogP contribution is -2.34. The molecular weight excluding hydrogens is 231 g/mol. The Morgan fingerprint density at radius 2 is 2.25 bits per heavy atom. The van der Waals surface area contributed by atoms with E-state index in [-0.39, 0.29) is 10.6 Å². The highest BCUT2D eigenvalue weighted by Crippen LogP contribution is 2.19. The topological polar surface area (TPSA) is 44.1 Å². The molecule has 16 heavy (non-hydrogen) atoms. The smallest absolute Gasteiger partial charge is 0.256 e.